The molecule has 3 heteroatoms. The molecule has 0 aliphatic rings. The minimum absolute atomic E-state index is 0.929. The summed E-state index contributed by atoms with van der Waals surface area (Å²) in [6.45, 7) is 0. The monoisotopic (exact) mass is 496 g/mol. The fraction of sp³-hybridized carbons (Fsp3) is 0. The lowest BCUT2D eigenvalue weighted by molar-refractivity contribution is 0.669. The van der Waals surface area contributed by atoms with Crippen LogP contribution in [0, 0.1) is 0 Å². The van der Waals surface area contributed by atoms with Gasteiger partial charge in [0.15, 0.2) is 0 Å². The highest BCUT2D eigenvalue weighted by Crippen LogP contribution is 2.47. The van der Waals surface area contributed by atoms with Crippen molar-refractivity contribution in [2.45, 2.75) is 0 Å². The van der Waals surface area contributed by atoms with E-state index in [2.05, 4.69) is 124 Å². The normalized spacial score (nSPS) is 12.6. The van der Waals surface area contributed by atoms with Crippen LogP contribution >= 0.6 is 0 Å². The van der Waals surface area contributed by atoms with Gasteiger partial charge < -0.3 is 13.4 Å². The van der Waals surface area contributed by atoms with E-state index in [4.69, 9.17) is 4.42 Å². The molecular weight excluding hydrogens is 476 g/mol. The van der Waals surface area contributed by atoms with Crippen molar-refractivity contribution in [2.24, 2.45) is 0 Å². The molecule has 10 rings (SSSR count). The number of rotatable bonds is 1. The molecule has 4 heterocycles. The molecule has 0 saturated heterocycles. The average Bonchev–Trinajstić information content (AvgIpc) is 3.71. The summed E-state index contributed by atoms with van der Waals surface area (Å²) in [5, 5.41) is 9.96. The number of hydrogen-bond acceptors (Lipinski definition) is 1. The first-order valence-electron chi connectivity index (χ1n) is 13.4. The fourth-order valence-electron chi connectivity index (χ4n) is 7.08. The van der Waals surface area contributed by atoms with Crippen LogP contribution in [0.25, 0.3) is 87.5 Å². The summed E-state index contributed by atoms with van der Waals surface area (Å²) < 4.78 is 11.3. The van der Waals surface area contributed by atoms with Gasteiger partial charge in [0.1, 0.15) is 11.2 Å². The number of para-hydroxylation sites is 4. The zero-order valence-corrected chi connectivity index (χ0v) is 20.8. The number of fused-ring (bicyclic) bond motifs is 13. The van der Waals surface area contributed by atoms with Gasteiger partial charge in [-0.05, 0) is 48.5 Å². The van der Waals surface area contributed by atoms with E-state index in [9.17, 15) is 0 Å². The van der Waals surface area contributed by atoms with Crippen LogP contribution in [0.5, 0.6) is 0 Å². The predicted octanol–water partition coefficient (Wildman–Crippen LogP) is 9.83. The molecule has 0 aliphatic carbocycles. The van der Waals surface area contributed by atoms with Crippen molar-refractivity contribution in [2.75, 3.05) is 0 Å². The molecule has 0 spiro atoms. The zero-order chi connectivity index (χ0) is 25.2. The highest BCUT2D eigenvalue weighted by Gasteiger charge is 2.24. The topological polar surface area (TPSA) is 22.5 Å². The van der Waals surface area contributed by atoms with Gasteiger partial charge in [0.25, 0.3) is 0 Å². The predicted molar refractivity (Wildman–Crippen MR) is 163 cm³/mol. The van der Waals surface area contributed by atoms with Crippen molar-refractivity contribution < 1.29 is 4.42 Å². The molecule has 0 fully saturated rings. The van der Waals surface area contributed by atoms with E-state index in [1.54, 1.807) is 0 Å². The number of hydrogen-bond donors (Lipinski definition) is 0. The molecule has 0 atom stereocenters. The maximum atomic E-state index is 6.40. The van der Waals surface area contributed by atoms with Gasteiger partial charge in [-0.2, -0.15) is 0 Å². The van der Waals surface area contributed by atoms with Crippen molar-refractivity contribution >= 4 is 81.8 Å². The molecule has 3 nitrogen and oxygen atoms in total. The smallest absolute Gasteiger partial charge is 0.136 e. The van der Waals surface area contributed by atoms with Crippen LogP contribution < -0.4 is 0 Å². The van der Waals surface area contributed by atoms with Gasteiger partial charge in [0, 0.05) is 48.8 Å². The van der Waals surface area contributed by atoms with Gasteiger partial charge in [-0.25, -0.2) is 0 Å². The Kier molecular flexibility index (Phi) is 3.44. The first kappa shape index (κ1) is 19.8. The molecule has 39 heavy (non-hydrogen) atoms. The number of benzene rings is 6. The highest BCUT2D eigenvalue weighted by atomic mass is 16.3. The molecule has 180 valence electrons. The molecule has 0 unspecified atom stereocenters. The molecule has 10 aromatic rings. The maximum Gasteiger partial charge on any atom is 0.136 e. The van der Waals surface area contributed by atoms with Gasteiger partial charge >= 0.3 is 0 Å². The first-order valence-corrected chi connectivity index (χ1v) is 13.4. The zero-order valence-electron chi connectivity index (χ0n) is 20.8. The lowest BCUT2D eigenvalue weighted by Gasteiger charge is -2.08. The van der Waals surface area contributed by atoms with Crippen molar-refractivity contribution in [3.63, 3.8) is 0 Å². The Morgan fingerprint density at radius 2 is 1.10 bits per heavy atom. The van der Waals surface area contributed by atoms with E-state index in [0.717, 1.165) is 21.9 Å². The van der Waals surface area contributed by atoms with Gasteiger partial charge in [-0.3, -0.25) is 0 Å². The minimum atomic E-state index is 0.929. The van der Waals surface area contributed by atoms with Crippen LogP contribution in [0.3, 0.4) is 0 Å². The summed E-state index contributed by atoms with van der Waals surface area (Å²) in [4.78, 5) is 0. The largest absolute Gasteiger partial charge is 0.456 e. The van der Waals surface area contributed by atoms with Crippen LogP contribution in [-0.2, 0) is 0 Å². The summed E-state index contributed by atoms with van der Waals surface area (Å²) in [6, 6.07) is 43.7. The van der Waals surface area contributed by atoms with Gasteiger partial charge in [0.05, 0.1) is 27.6 Å². The first-order chi connectivity index (χ1) is 19.4. The number of furan rings is 1. The van der Waals surface area contributed by atoms with Gasteiger partial charge in [-0.15, -0.1) is 0 Å². The molecule has 4 aromatic heterocycles. The van der Waals surface area contributed by atoms with Crippen molar-refractivity contribution in [1.29, 1.82) is 0 Å². The van der Waals surface area contributed by atoms with Crippen LogP contribution in [0.2, 0.25) is 0 Å². The Hall–Kier alpha value is -5.28. The number of aromatic nitrogens is 2. The summed E-state index contributed by atoms with van der Waals surface area (Å²) in [7, 11) is 0. The van der Waals surface area contributed by atoms with E-state index in [0.29, 0.717) is 0 Å². The molecule has 0 amide bonds. The Bertz CT molecular complexity index is 2600. The second-order valence-corrected chi connectivity index (χ2v) is 10.5. The van der Waals surface area contributed by atoms with E-state index in [-0.39, 0.29) is 0 Å². The van der Waals surface area contributed by atoms with E-state index < -0.39 is 0 Å². The Morgan fingerprint density at radius 3 is 1.97 bits per heavy atom. The molecular formula is C36H20N2O. The van der Waals surface area contributed by atoms with Crippen LogP contribution in [0.15, 0.2) is 126 Å². The fourth-order valence-corrected chi connectivity index (χ4v) is 7.08. The summed E-state index contributed by atoms with van der Waals surface area (Å²) in [5.41, 5.74) is 9.22. The molecule has 0 N–H and O–H groups in total. The molecule has 6 aromatic carbocycles. The van der Waals surface area contributed by atoms with E-state index in [1.807, 2.05) is 6.07 Å². The number of nitrogens with zero attached hydrogens (tertiary/aromatic N) is 2. The van der Waals surface area contributed by atoms with Gasteiger partial charge in [0.2, 0.25) is 0 Å². The summed E-state index contributed by atoms with van der Waals surface area (Å²) in [6.07, 6.45) is 0. The van der Waals surface area contributed by atoms with Crippen molar-refractivity contribution in [3.05, 3.63) is 121 Å². The van der Waals surface area contributed by atoms with E-state index >= 15 is 0 Å². The second kappa shape index (κ2) is 6.77. The van der Waals surface area contributed by atoms with Crippen LogP contribution in [-0.4, -0.2) is 8.97 Å². The third-order valence-corrected chi connectivity index (χ3v) is 8.61. The lowest BCUT2D eigenvalue weighted by atomic mass is 10.0. The lowest BCUT2D eigenvalue weighted by Crippen LogP contribution is -1.92. The summed E-state index contributed by atoms with van der Waals surface area (Å²) in [5.74, 6) is 0. The van der Waals surface area contributed by atoms with Crippen molar-refractivity contribution in [3.8, 4) is 5.69 Å². The average molecular weight is 497 g/mol. The molecule has 0 bridgehead atoms. The van der Waals surface area contributed by atoms with E-state index in [1.165, 1.54) is 65.6 Å². The molecule has 0 radical (unpaired) electrons. The van der Waals surface area contributed by atoms with Crippen molar-refractivity contribution in [1.82, 2.24) is 8.97 Å². The molecule has 0 saturated carbocycles. The highest BCUT2D eigenvalue weighted by molar-refractivity contribution is 6.36. The third-order valence-electron chi connectivity index (χ3n) is 8.61. The Labute approximate surface area is 222 Å². The van der Waals surface area contributed by atoms with Gasteiger partial charge in [-0.1, -0.05) is 72.8 Å². The maximum absolute atomic E-state index is 6.40. The SMILES string of the molecule is c1ccc(-n2c3ccccc3c3c4c5cc6oc7ccccc7c6cc5n5c6ccccc6c(cc32)c45)cc1. The minimum Gasteiger partial charge on any atom is -0.456 e. The molecule has 0 aliphatic heterocycles. The Morgan fingerprint density at radius 1 is 0.410 bits per heavy atom. The van der Waals surface area contributed by atoms with Crippen LogP contribution in [0.4, 0.5) is 0 Å². The summed E-state index contributed by atoms with van der Waals surface area (Å²) >= 11 is 0. The third kappa shape index (κ3) is 2.31. The second-order valence-electron chi connectivity index (χ2n) is 10.5. The quantitative estimate of drug-likeness (QED) is 0.222. The van der Waals surface area contributed by atoms with Crippen LogP contribution in [0.1, 0.15) is 0 Å². The standard InChI is InChI=1S/C36H20N2O/c1-2-10-21(11-3-1)37-29-16-8-5-14-24(29)34-31(37)19-26-22-12-4-7-15-28(22)38-30-18-25-23-13-6-9-17-32(23)39-33(25)20-27(30)35(34)36(26)38/h1-20H. The Balaban J connectivity index is 1.55.